The Morgan fingerprint density at radius 2 is 2.00 bits per heavy atom. The molecule has 2 rings (SSSR count). The van der Waals surface area contributed by atoms with Crippen LogP contribution in [0, 0.1) is 5.41 Å². The summed E-state index contributed by atoms with van der Waals surface area (Å²) in [6, 6.07) is 0. The van der Waals surface area contributed by atoms with E-state index in [1.54, 1.807) is 0 Å². The van der Waals surface area contributed by atoms with Crippen molar-refractivity contribution in [1.82, 2.24) is 10.2 Å². The predicted octanol–water partition coefficient (Wildman–Crippen LogP) is 0.497. The molecule has 1 atom stereocenters. The molecule has 0 aliphatic carbocycles. The molecule has 2 aliphatic heterocycles. The second-order valence-electron chi connectivity index (χ2n) is 5.60. The average Bonchev–Trinajstić information content (AvgIpc) is 2.71. The van der Waals surface area contributed by atoms with Gasteiger partial charge in [-0.3, -0.25) is 0 Å². The minimum atomic E-state index is -2.74. The fraction of sp³-hybridized carbons (Fsp3) is 1.00. The van der Waals surface area contributed by atoms with E-state index in [9.17, 15) is 8.42 Å². The van der Waals surface area contributed by atoms with Gasteiger partial charge in [0.15, 0.2) is 9.84 Å². The van der Waals surface area contributed by atoms with Gasteiger partial charge in [0.05, 0.1) is 11.5 Å². The van der Waals surface area contributed by atoms with Crippen molar-refractivity contribution in [3.63, 3.8) is 0 Å². The number of hydrogen-bond donors (Lipinski definition) is 1. The van der Waals surface area contributed by atoms with Crippen LogP contribution in [-0.4, -0.2) is 57.5 Å². The average molecular weight is 260 g/mol. The third kappa shape index (κ3) is 3.42. The van der Waals surface area contributed by atoms with Crippen molar-refractivity contribution in [1.29, 1.82) is 0 Å². The van der Waals surface area contributed by atoms with Gasteiger partial charge < -0.3 is 10.2 Å². The van der Waals surface area contributed by atoms with Gasteiger partial charge in [0.2, 0.25) is 0 Å². The molecule has 2 fully saturated rings. The molecule has 5 heteroatoms. The summed E-state index contributed by atoms with van der Waals surface area (Å²) in [5, 5.41) is 3.46. The molecular weight excluding hydrogens is 236 g/mol. The lowest BCUT2D eigenvalue weighted by Gasteiger charge is -2.36. The zero-order valence-electron chi connectivity index (χ0n) is 10.7. The molecule has 1 unspecified atom stereocenters. The molecule has 0 saturated carbocycles. The highest BCUT2D eigenvalue weighted by Crippen LogP contribution is 2.32. The van der Waals surface area contributed by atoms with Gasteiger partial charge >= 0.3 is 0 Å². The van der Waals surface area contributed by atoms with Crippen molar-refractivity contribution in [3.05, 3.63) is 0 Å². The maximum atomic E-state index is 11.4. The largest absolute Gasteiger partial charge is 0.316 e. The van der Waals surface area contributed by atoms with E-state index < -0.39 is 9.84 Å². The zero-order chi connectivity index (χ0) is 12.4. The van der Waals surface area contributed by atoms with Crippen LogP contribution in [0.2, 0.25) is 0 Å². The zero-order valence-corrected chi connectivity index (χ0v) is 11.6. The molecule has 2 heterocycles. The lowest BCUT2D eigenvalue weighted by molar-refractivity contribution is 0.161. The molecule has 0 amide bonds. The molecular formula is C12H24N2O2S. The summed E-state index contributed by atoms with van der Waals surface area (Å²) in [7, 11) is -2.74. The molecule has 0 radical (unpaired) electrons. The summed E-state index contributed by atoms with van der Waals surface area (Å²) in [5.74, 6) is 0.700. The molecule has 4 nitrogen and oxygen atoms in total. The highest BCUT2D eigenvalue weighted by molar-refractivity contribution is 7.91. The van der Waals surface area contributed by atoms with Gasteiger partial charge in [0.25, 0.3) is 0 Å². The maximum absolute atomic E-state index is 11.4. The second kappa shape index (κ2) is 5.24. The fourth-order valence-electron chi connectivity index (χ4n) is 3.14. The SMILES string of the molecule is CCCC1(CN2CCS(=O)(=O)CC2)CCNC1. The Morgan fingerprint density at radius 3 is 2.53 bits per heavy atom. The predicted molar refractivity (Wildman–Crippen MR) is 69.9 cm³/mol. The molecule has 2 saturated heterocycles. The summed E-state index contributed by atoms with van der Waals surface area (Å²) in [4.78, 5) is 2.35. The first-order valence-corrected chi connectivity index (χ1v) is 8.51. The normalized spacial score (nSPS) is 33.9. The molecule has 0 aromatic rings. The summed E-state index contributed by atoms with van der Waals surface area (Å²) >= 11 is 0. The first kappa shape index (κ1) is 13.3. The van der Waals surface area contributed by atoms with Crippen molar-refractivity contribution < 1.29 is 8.42 Å². The minimum absolute atomic E-state index is 0.350. The first-order chi connectivity index (χ1) is 8.05. The topological polar surface area (TPSA) is 49.4 Å². The monoisotopic (exact) mass is 260 g/mol. The lowest BCUT2D eigenvalue weighted by Crippen LogP contribution is -2.46. The molecule has 0 aromatic heterocycles. The Labute approximate surface area is 105 Å². The third-order valence-corrected chi connectivity index (χ3v) is 5.72. The van der Waals surface area contributed by atoms with E-state index >= 15 is 0 Å². The number of nitrogens with zero attached hydrogens (tertiary/aromatic N) is 1. The first-order valence-electron chi connectivity index (χ1n) is 6.69. The van der Waals surface area contributed by atoms with Crippen LogP contribution in [0.5, 0.6) is 0 Å². The Bertz CT molecular complexity index is 334. The van der Waals surface area contributed by atoms with Gasteiger partial charge in [0.1, 0.15) is 0 Å². The van der Waals surface area contributed by atoms with E-state index in [1.165, 1.54) is 19.3 Å². The molecule has 100 valence electrons. The fourth-order valence-corrected chi connectivity index (χ4v) is 4.41. The van der Waals surface area contributed by atoms with Crippen LogP contribution < -0.4 is 5.32 Å². The minimum Gasteiger partial charge on any atom is -0.316 e. The highest BCUT2D eigenvalue weighted by atomic mass is 32.2. The van der Waals surface area contributed by atoms with E-state index in [0.717, 1.165) is 32.7 Å². The molecule has 0 bridgehead atoms. The van der Waals surface area contributed by atoms with Gasteiger partial charge in [-0.1, -0.05) is 13.3 Å². The van der Waals surface area contributed by atoms with Gasteiger partial charge in [-0.05, 0) is 24.8 Å². The van der Waals surface area contributed by atoms with Crippen molar-refractivity contribution >= 4 is 9.84 Å². The van der Waals surface area contributed by atoms with Crippen LogP contribution in [0.25, 0.3) is 0 Å². The third-order valence-electron chi connectivity index (χ3n) is 4.11. The van der Waals surface area contributed by atoms with E-state index in [2.05, 4.69) is 17.1 Å². The Morgan fingerprint density at radius 1 is 1.29 bits per heavy atom. The van der Waals surface area contributed by atoms with Crippen LogP contribution in [0.15, 0.2) is 0 Å². The second-order valence-corrected chi connectivity index (χ2v) is 7.91. The van der Waals surface area contributed by atoms with Crippen LogP contribution in [0.3, 0.4) is 0 Å². The van der Waals surface area contributed by atoms with Crippen LogP contribution >= 0.6 is 0 Å². The Hall–Kier alpha value is -0.130. The highest BCUT2D eigenvalue weighted by Gasteiger charge is 2.35. The molecule has 0 spiro atoms. The maximum Gasteiger partial charge on any atom is 0.152 e. The molecule has 2 aliphatic rings. The van der Waals surface area contributed by atoms with Crippen molar-refractivity contribution in [2.75, 3.05) is 44.2 Å². The Kier molecular flexibility index (Phi) is 4.10. The van der Waals surface area contributed by atoms with Crippen LogP contribution in [0.1, 0.15) is 26.2 Å². The van der Waals surface area contributed by atoms with Crippen molar-refractivity contribution in [2.45, 2.75) is 26.2 Å². The standard InChI is InChI=1S/C12H24N2O2S/c1-2-3-12(4-5-13-10-12)11-14-6-8-17(15,16)9-7-14/h13H,2-11H2,1H3. The number of rotatable bonds is 4. The summed E-state index contributed by atoms with van der Waals surface area (Å²) in [5.41, 5.74) is 0.399. The quantitative estimate of drug-likeness (QED) is 0.799. The van der Waals surface area contributed by atoms with Crippen molar-refractivity contribution in [3.8, 4) is 0 Å². The summed E-state index contributed by atoms with van der Waals surface area (Å²) < 4.78 is 22.8. The van der Waals surface area contributed by atoms with Gasteiger partial charge in [-0.25, -0.2) is 8.42 Å². The van der Waals surface area contributed by atoms with Crippen molar-refractivity contribution in [2.24, 2.45) is 5.41 Å². The summed E-state index contributed by atoms with van der Waals surface area (Å²) in [6.07, 6.45) is 3.71. The molecule has 0 aromatic carbocycles. The number of sulfone groups is 1. The lowest BCUT2D eigenvalue weighted by atomic mass is 9.82. The van der Waals surface area contributed by atoms with Crippen LogP contribution in [-0.2, 0) is 9.84 Å². The van der Waals surface area contributed by atoms with Crippen LogP contribution in [0.4, 0.5) is 0 Å². The van der Waals surface area contributed by atoms with Gasteiger partial charge in [0, 0.05) is 26.2 Å². The molecule has 1 N–H and O–H groups in total. The van der Waals surface area contributed by atoms with Gasteiger partial charge in [-0.2, -0.15) is 0 Å². The number of hydrogen-bond acceptors (Lipinski definition) is 4. The van der Waals surface area contributed by atoms with Gasteiger partial charge in [-0.15, -0.1) is 0 Å². The summed E-state index contributed by atoms with van der Waals surface area (Å²) in [6.45, 7) is 6.99. The van der Waals surface area contributed by atoms with E-state index in [0.29, 0.717) is 16.9 Å². The van der Waals surface area contributed by atoms with E-state index in [4.69, 9.17) is 0 Å². The number of nitrogens with one attached hydrogen (secondary N) is 1. The van der Waals surface area contributed by atoms with E-state index in [-0.39, 0.29) is 0 Å². The Balaban J connectivity index is 1.91. The smallest absolute Gasteiger partial charge is 0.152 e. The van der Waals surface area contributed by atoms with E-state index in [1.807, 2.05) is 0 Å². The molecule has 17 heavy (non-hydrogen) atoms.